The van der Waals surface area contributed by atoms with Crippen LogP contribution in [0.3, 0.4) is 0 Å². The van der Waals surface area contributed by atoms with E-state index in [1.165, 1.54) is 18.2 Å². The van der Waals surface area contributed by atoms with E-state index >= 15 is 0 Å². The Morgan fingerprint density at radius 2 is 1.94 bits per heavy atom. The zero-order valence-electron chi connectivity index (χ0n) is 9.67. The largest absolute Gasteiger partial charge is 0.325 e. The maximum Gasteiger partial charge on any atom is 0.280 e. The second-order valence-corrected chi connectivity index (χ2v) is 4.36. The number of hydrogen-bond acceptors (Lipinski definition) is 4. The molecule has 94 valence electrons. The molecule has 0 aliphatic carbocycles. The van der Waals surface area contributed by atoms with Gasteiger partial charge in [0.25, 0.3) is 5.69 Å². The fraction of sp³-hybridized carbons (Fsp3) is 0.364. The fourth-order valence-electron chi connectivity index (χ4n) is 1.38. The van der Waals surface area contributed by atoms with Gasteiger partial charge in [-0.05, 0) is 19.9 Å². The summed E-state index contributed by atoms with van der Waals surface area (Å²) in [5.74, 6) is -0.306. The second-order valence-electron chi connectivity index (χ2n) is 4.36. The summed E-state index contributed by atoms with van der Waals surface area (Å²) >= 11 is 0. The van der Waals surface area contributed by atoms with Crippen molar-refractivity contribution in [2.24, 2.45) is 5.73 Å². The summed E-state index contributed by atoms with van der Waals surface area (Å²) in [7, 11) is 0. The zero-order chi connectivity index (χ0) is 12.3. The first-order valence-electron chi connectivity index (χ1n) is 4.87. The van der Waals surface area contributed by atoms with Crippen LogP contribution in [0.25, 0.3) is 0 Å². The van der Waals surface area contributed by atoms with Crippen LogP contribution >= 0.6 is 12.4 Å². The Morgan fingerprint density at radius 1 is 1.41 bits per heavy atom. The van der Waals surface area contributed by atoms with Gasteiger partial charge in [-0.2, -0.15) is 0 Å². The van der Waals surface area contributed by atoms with Gasteiger partial charge in [-0.25, -0.2) is 0 Å². The van der Waals surface area contributed by atoms with Crippen LogP contribution in [0.5, 0.6) is 0 Å². The predicted octanol–water partition coefficient (Wildman–Crippen LogP) is 2.33. The van der Waals surface area contributed by atoms with E-state index in [9.17, 15) is 14.9 Å². The number of nitrogens with zero attached hydrogens (tertiary/aromatic N) is 1. The minimum atomic E-state index is -0.666. The Morgan fingerprint density at radius 3 is 2.41 bits per heavy atom. The van der Waals surface area contributed by atoms with Crippen molar-refractivity contribution in [1.82, 2.24) is 0 Å². The Hall–Kier alpha value is -1.46. The van der Waals surface area contributed by atoms with E-state index in [4.69, 9.17) is 5.73 Å². The predicted molar refractivity (Wildman–Crippen MR) is 67.6 cm³/mol. The van der Waals surface area contributed by atoms with Gasteiger partial charge >= 0.3 is 0 Å². The average Bonchev–Trinajstić information content (AvgIpc) is 2.15. The number of carbonyl (C=O) groups is 1. The molecule has 0 atom stereocenters. The Balaban J connectivity index is 0.00000256. The van der Waals surface area contributed by atoms with Crippen molar-refractivity contribution in [3.63, 3.8) is 0 Å². The summed E-state index contributed by atoms with van der Waals surface area (Å²) < 4.78 is 0. The highest BCUT2D eigenvalue weighted by Crippen LogP contribution is 2.21. The molecule has 1 aromatic rings. The minimum absolute atomic E-state index is 0. The molecule has 0 heterocycles. The standard InChI is InChI=1S/C11H14N2O3.ClH/c1-11(2,12)7-10(14)8-5-3-4-6-9(8)13(15)16;/h3-6H,7,12H2,1-2H3;1H. The van der Waals surface area contributed by atoms with Gasteiger partial charge in [-0.1, -0.05) is 12.1 Å². The summed E-state index contributed by atoms with van der Waals surface area (Å²) in [6.07, 6.45) is 0.0812. The summed E-state index contributed by atoms with van der Waals surface area (Å²) in [5, 5.41) is 10.7. The van der Waals surface area contributed by atoms with Gasteiger partial charge < -0.3 is 5.73 Å². The van der Waals surface area contributed by atoms with Gasteiger partial charge in [-0.3, -0.25) is 14.9 Å². The third-order valence-electron chi connectivity index (χ3n) is 2.02. The molecular formula is C11H15ClN2O3. The Labute approximate surface area is 106 Å². The average molecular weight is 259 g/mol. The molecule has 0 aromatic heterocycles. The lowest BCUT2D eigenvalue weighted by Gasteiger charge is -2.16. The van der Waals surface area contributed by atoms with E-state index in [1.54, 1.807) is 19.9 Å². The lowest BCUT2D eigenvalue weighted by atomic mass is 9.95. The normalized spacial score (nSPS) is 10.5. The number of para-hydroxylation sites is 1. The van der Waals surface area contributed by atoms with Crippen LogP contribution in [0.2, 0.25) is 0 Å². The molecule has 1 aromatic carbocycles. The Bertz CT molecular complexity index is 427. The van der Waals surface area contributed by atoms with Gasteiger partial charge in [0.2, 0.25) is 0 Å². The molecular weight excluding hydrogens is 244 g/mol. The number of carbonyl (C=O) groups excluding carboxylic acids is 1. The smallest absolute Gasteiger partial charge is 0.280 e. The third kappa shape index (κ3) is 4.50. The van der Waals surface area contributed by atoms with Crippen molar-refractivity contribution < 1.29 is 9.72 Å². The van der Waals surface area contributed by atoms with Crippen LogP contribution in [0, 0.1) is 10.1 Å². The van der Waals surface area contributed by atoms with Crippen LogP contribution in [-0.4, -0.2) is 16.2 Å². The maximum absolute atomic E-state index is 11.8. The van der Waals surface area contributed by atoms with Gasteiger partial charge in [-0.15, -0.1) is 12.4 Å². The second kappa shape index (κ2) is 5.75. The molecule has 0 bridgehead atoms. The van der Waals surface area contributed by atoms with Gasteiger partial charge in [0, 0.05) is 18.0 Å². The SMILES string of the molecule is CC(C)(N)CC(=O)c1ccccc1[N+](=O)[O-].Cl. The Kier molecular flexibility index (Phi) is 5.25. The topological polar surface area (TPSA) is 86.2 Å². The number of rotatable bonds is 4. The van der Waals surface area contributed by atoms with Crippen molar-refractivity contribution in [3.8, 4) is 0 Å². The van der Waals surface area contributed by atoms with Crippen LogP contribution in [0.15, 0.2) is 24.3 Å². The van der Waals surface area contributed by atoms with Crippen molar-refractivity contribution in [1.29, 1.82) is 0 Å². The number of nitro groups is 1. The van der Waals surface area contributed by atoms with Crippen LogP contribution < -0.4 is 5.73 Å². The summed E-state index contributed by atoms with van der Waals surface area (Å²) in [5.41, 5.74) is 4.99. The molecule has 0 saturated carbocycles. The number of ketones is 1. The molecule has 0 amide bonds. The molecule has 0 unspecified atom stereocenters. The van der Waals surface area contributed by atoms with E-state index in [0.717, 1.165) is 0 Å². The highest BCUT2D eigenvalue weighted by molar-refractivity contribution is 6.00. The molecule has 0 spiro atoms. The van der Waals surface area contributed by atoms with E-state index in [2.05, 4.69) is 0 Å². The molecule has 2 N–H and O–H groups in total. The van der Waals surface area contributed by atoms with Crippen molar-refractivity contribution in [2.45, 2.75) is 25.8 Å². The van der Waals surface area contributed by atoms with Crippen LogP contribution in [0.4, 0.5) is 5.69 Å². The maximum atomic E-state index is 11.8. The first-order chi connectivity index (χ1) is 7.31. The van der Waals surface area contributed by atoms with E-state index in [-0.39, 0.29) is 35.9 Å². The van der Waals surface area contributed by atoms with Crippen molar-refractivity contribution in [2.75, 3.05) is 0 Å². The molecule has 17 heavy (non-hydrogen) atoms. The summed E-state index contributed by atoms with van der Waals surface area (Å²) in [4.78, 5) is 22.0. The molecule has 0 saturated heterocycles. The van der Waals surface area contributed by atoms with Crippen molar-refractivity contribution >= 4 is 23.9 Å². The lowest BCUT2D eigenvalue weighted by molar-refractivity contribution is -0.385. The number of halogens is 1. The third-order valence-corrected chi connectivity index (χ3v) is 2.02. The lowest BCUT2D eigenvalue weighted by Crippen LogP contribution is -2.34. The van der Waals surface area contributed by atoms with Gasteiger partial charge in [0.1, 0.15) is 0 Å². The van der Waals surface area contributed by atoms with E-state index < -0.39 is 10.5 Å². The molecule has 0 fully saturated rings. The molecule has 0 radical (unpaired) electrons. The first kappa shape index (κ1) is 15.5. The van der Waals surface area contributed by atoms with Crippen molar-refractivity contribution in [3.05, 3.63) is 39.9 Å². The highest BCUT2D eigenvalue weighted by Gasteiger charge is 2.23. The fourth-order valence-corrected chi connectivity index (χ4v) is 1.38. The number of Topliss-reactive ketones (excluding diaryl/α,β-unsaturated/α-hetero) is 1. The number of nitro benzene ring substituents is 1. The van der Waals surface area contributed by atoms with Crippen LogP contribution in [0.1, 0.15) is 30.6 Å². The zero-order valence-corrected chi connectivity index (χ0v) is 10.5. The number of hydrogen-bond donors (Lipinski definition) is 1. The molecule has 0 aliphatic heterocycles. The quantitative estimate of drug-likeness (QED) is 0.510. The molecule has 5 nitrogen and oxygen atoms in total. The monoisotopic (exact) mass is 258 g/mol. The first-order valence-corrected chi connectivity index (χ1v) is 4.87. The summed E-state index contributed by atoms with van der Waals surface area (Å²) in [6.45, 7) is 3.42. The minimum Gasteiger partial charge on any atom is -0.325 e. The highest BCUT2D eigenvalue weighted by atomic mass is 35.5. The van der Waals surface area contributed by atoms with Gasteiger partial charge in [0.15, 0.2) is 5.78 Å². The molecule has 0 aliphatic rings. The van der Waals surface area contributed by atoms with E-state index in [0.29, 0.717) is 0 Å². The van der Waals surface area contributed by atoms with Gasteiger partial charge in [0.05, 0.1) is 10.5 Å². The van der Waals surface area contributed by atoms with E-state index in [1.807, 2.05) is 0 Å². The summed E-state index contributed by atoms with van der Waals surface area (Å²) in [6, 6.07) is 5.90. The number of nitrogens with two attached hydrogens (primary N) is 1. The molecule has 6 heteroatoms. The number of benzene rings is 1. The van der Waals surface area contributed by atoms with Crippen LogP contribution in [-0.2, 0) is 0 Å². The molecule has 1 rings (SSSR count).